The fourth-order valence-corrected chi connectivity index (χ4v) is 5.40. The van der Waals surface area contributed by atoms with Crippen molar-refractivity contribution in [2.24, 2.45) is 0 Å². The number of amides is 1. The van der Waals surface area contributed by atoms with Crippen molar-refractivity contribution in [3.8, 4) is 11.5 Å². The van der Waals surface area contributed by atoms with Gasteiger partial charge < -0.3 is 10.1 Å². The van der Waals surface area contributed by atoms with Gasteiger partial charge >= 0.3 is 0 Å². The minimum absolute atomic E-state index is 0.0565. The maximum Gasteiger partial charge on any atom is 0.259 e. The van der Waals surface area contributed by atoms with Gasteiger partial charge in [0.2, 0.25) is 10.0 Å². The molecule has 0 aliphatic carbocycles. The zero-order chi connectivity index (χ0) is 19.2. The number of piperidine rings is 1. The molecule has 2 aromatic rings. The molecular weight excluding hydrogens is 388 g/mol. The van der Waals surface area contributed by atoms with Gasteiger partial charge in [0.15, 0.2) is 5.75 Å². The van der Waals surface area contributed by atoms with E-state index in [9.17, 15) is 13.2 Å². The van der Waals surface area contributed by atoms with Crippen LogP contribution in [-0.4, -0.2) is 31.2 Å². The van der Waals surface area contributed by atoms with Gasteiger partial charge in [-0.3, -0.25) is 4.79 Å². The number of anilines is 1. The molecule has 0 radical (unpaired) electrons. The van der Waals surface area contributed by atoms with E-state index >= 15 is 0 Å². The molecule has 1 amide bonds. The smallest absolute Gasteiger partial charge is 0.259 e. The quantitative estimate of drug-likeness (QED) is 0.808. The number of hydrogen-bond acceptors (Lipinski definition) is 4. The van der Waals surface area contributed by atoms with Crippen LogP contribution in [0.2, 0.25) is 5.02 Å². The fourth-order valence-electron chi connectivity index (χ4n) is 3.50. The zero-order valence-corrected chi connectivity index (χ0v) is 16.3. The molecule has 142 valence electrons. The third-order valence-electron chi connectivity index (χ3n) is 4.95. The second-order valence-corrected chi connectivity index (χ2v) is 9.14. The van der Waals surface area contributed by atoms with E-state index in [1.165, 1.54) is 22.5 Å². The summed E-state index contributed by atoms with van der Waals surface area (Å²) in [6.07, 6.45) is 2.70. The largest absolute Gasteiger partial charge is 0.454 e. The van der Waals surface area contributed by atoms with E-state index < -0.39 is 15.9 Å². The molecule has 27 heavy (non-hydrogen) atoms. The normalized spacial score (nSPS) is 20.1. The van der Waals surface area contributed by atoms with E-state index in [-0.39, 0.29) is 16.5 Å². The molecule has 0 bridgehead atoms. The molecule has 0 aromatic heterocycles. The number of carbonyl (C=O) groups is 1. The summed E-state index contributed by atoms with van der Waals surface area (Å²) in [5.74, 6) is 0.320. The molecule has 6 nitrogen and oxygen atoms in total. The maximum atomic E-state index is 13.1. The lowest BCUT2D eigenvalue weighted by atomic mass is 10.1. The lowest BCUT2D eigenvalue weighted by Gasteiger charge is -2.32. The van der Waals surface area contributed by atoms with Gasteiger partial charge in [-0.1, -0.05) is 18.0 Å². The van der Waals surface area contributed by atoms with Crippen LogP contribution in [0.5, 0.6) is 11.5 Å². The van der Waals surface area contributed by atoms with E-state index in [1.807, 2.05) is 6.92 Å². The van der Waals surface area contributed by atoms with Crippen molar-refractivity contribution in [3.05, 3.63) is 47.0 Å². The third kappa shape index (κ3) is 3.31. The van der Waals surface area contributed by atoms with Crippen molar-refractivity contribution in [1.82, 2.24) is 4.31 Å². The van der Waals surface area contributed by atoms with Crippen molar-refractivity contribution in [2.45, 2.75) is 37.1 Å². The summed E-state index contributed by atoms with van der Waals surface area (Å²) in [6, 6.07) is 9.26. The SMILES string of the molecule is C[C@H]1CCCCN1S(=O)(=O)c1ccc2c(c1)C(=O)Nc1cc(Cl)ccc1O2. The summed E-state index contributed by atoms with van der Waals surface area (Å²) < 4.78 is 33.5. The number of benzene rings is 2. The highest BCUT2D eigenvalue weighted by Gasteiger charge is 2.32. The fraction of sp³-hybridized carbons (Fsp3) is 0.316. The second-order valence-electron chi connectivity index (χ2n) is 6.82. The first-order valence-corrected chi connectivity index (χ1v) is 10.6. The Morgan fingerprint density at radius 3 is 2.70 bits per heavy atom. The zero-order valence-electron chi connectivity index (χ0n) is 14.7. The number of nitrogens with one attached hydrogen (secondary N) is 1. The molecule has 4 rings (SSSR count). The highest BCUT2D eigenvalue weighted by Crippen LogP contribution is 2.38. The minimum Gasteiger partial charge on any atom is -0.454 e. The predicted molar refractivity (Wildman–Crippen MR) is 103 cm³/mol. The van der Waals surface area contributed by atoms with Crippen molar-refractivity contribution in [3.63, 3.8) is 0 Å². The average Bonchev–Trinajstić information content (AvgIpc) is 2.77. The van der Waals surface area contributed by atoms with Crippen LogP contribution in [0, 0.1) is 0 Å². The third-order valence-corrected chi connectivity index (χ3v) is 7.20. The van der Waals surface area contributed by atoms with Gasteiger partial charge in [0.05, 0.1) is 16.1 Å². The molecule has 8 heteroatoms. The molecule has 0 unspecified atom stereocenters. The highest BCUT2D eigenvalue weighted by molar-refractivity contribution is 7.89. The van der Waals surface area contributed by atoms with Gasteiger partial charge in [0, 0.05) is 17.6 Å². The molecule has 2 heterocycles. The molecule has 0 spiro atoms. The predicted octanol–water partition coefficient (Wildman–Crippen LogP) is 4.26. The summed E-state index contributed by atoms with van der Waals surface area (Å²) in [7, 11) is -3.68. The molecular formula is C19H19ClN2O4S. The maximum absolute atomic E-state index is 13.1. The molecule has 1 saturated heterocycles. The topological polar surface area (TPSA) is 75.7 Å². The standard InChI is InChI=1S/C19H19ClN2O4S/c1-12-4-2-3-9-22(12)27(24,25)14-6-8-17-15(11-14)19(23)21-16-10-13(20)5-7-18(16)26-17/h5-8,10-12H,2-4,9H2,1H3,(H,21,23)/t12-/m0/s1. The van der Waals surface area contributed by atoms with Gasteiger partial charge in [-0.2, -0.15) is 4.31 Å². The number of nitrogens with zero attached hydrogens (tertiary/aromatic N) is 1. The Bertz CT molecular complexity index is 1020. The monoisotopic (exact) mass is 406 g/mol. The van der Waals surface area contributed by atoms with E-state index in [0.717, 1.165) is 19.3 Å². The lowest BCUT2D eigenvalue weighted by Crippen LogP contribution is -2.41. The number of fused-ring (bicyclic) bond motifs is 2. The molecule has 2 aromatic carbocycles. The summed E-state index contributed by atoms with van der Waals surface area (Å²) in [5.41, 5.74) is 0.616. The number of sulfonamides is 1. The first kappa shape index (κ1) is 18.3. The molecule has 2 aliphatic heterocycles. The van der Waals surface area contributed by atoms with E-state index in [0.29, 0.717) is 28.8 Å². The Morgan fingerprint density at radius 1 is 1.15 bits per heavy atom. The average molecular weight is 407 g/mol. The lowest BCUT2D eigenvalue weighted by molar-refractivity contribution is 0.102. The Labute approximate surface area is 163 Å². The number of rotatable bonds is 2. The second kappa shape index (κ2) is 6.82. The first-order chi connectivity index (χ1) is 12.9. The van der Waals surface area contributed by atoms with Crippen molar-refractivity contribution >= 4 is 33.2 Å². The van der Waals surface area contributed by atoms with Crippen LogP contribution in [-0.2, 0) is 10.0 Å². The van der Waals surface area contributed by atoms with Crippen LogP contribution in [0.15, 0.2) is 41.3 Å². The summed E-state index contributed by atoms with van der Waals surface area (Å²) in [6.45, 7) is 2.41. The van der Waals surface area contributed by atoms with Gasteiger partial charge in [0.1, 0.15) is 5.75 Å². The van der Waals surface area contributed by atoms with E-state index in [1.54, 1.807) is 18.2 Å². The van der Waals surface area contributed by atoms with Crippen molar-refractivity contribution in [2.75, 3.05) is 11.9 Å². The molecule has 1 atom stereocenters. The van der Waals surface area contributed by atoms with Gasteiger partial charge in [-0.25, -0.2) is 8.42 Å². The van der Waals surface area contributed by atoms with Crippen LogP contribution in [0.3, 0.4) is 0 Å². The number of halogens is 1. The highest BCUT2D eigenvalue weighted by atomic mass is 35.5. The van der Waals surface area contributed by atoms with Crippen LogP contribution >= 0.6 is 11.6 Å². The molecule has 2 aliphatic rings. The Morgan fingerprint density at radius 2 is 1.93 bits per heavy atom. The Balaban J connectivity index is 1.73. The van der Waals surface area contributed by atoms with Gasteiger partial charge in [0.25, 0.3) is 5.91 Å². The Kier molecular flexibility index (Phi) is 4.61. The first-order valence-electron chi connectivity index (χ1n) is 8.81. The van der Waals surface area contributed by atoms with E-state index in [4.69, 9.17) is 16.3 Å². The van der Waals surface area contributed by atoms with Crippen molar-refractivity contribution in [1.29, 1.82) is 0 Å². The molecule has 1 fully saturated rings. The van der Waals surface area contributed by atoms with Crippen LogP contribution in [0.4, 0.5) is 5.69 Å². The summed E-state index contributed by atoms with van der Waals surface area (Å²) in [5, 5.41) is 3.19. The molecule has 0 saturated carbocycles. The van der Waals surface area contributed by atoms with Crippen LogP contribution in [0.1, 0.15) is 36.5 Å². The van der Waals surface area contributed by atoms with Gasteiger partial charge in [-0.15, -0.1) is 0 Å². The molecule has 1 N–H and O–H groups in total. The van der Waals surface area contributed by atoms with Crippen LogP contribution < -0.4 is 10.1 Å². The number of carbonyl (C=O) groups excluding carboxylic acids is 1. The Hall–Kier alpha value is -2.09. The summed E-state index contributed by atoms with van der Waals surface area (Å²) >= 11 is 5.98. The van der Waals surface area contributed by atoms with Gasteiger partial charge in [-0.05, 0) is 56.2 Å². The number of hydrogen-bond donors (Lipinski definition) is 1. The summed E-state index contributed by atoms with van der Waals surface area (Å²) in [4.78, 5) is 12.8. The minimum atomic E-state index is -3.68. The van der Waals surface area contributed by atoms with Crippen LogP contribution in [0.25, 0.3) is 0 Å². The number of ether oxygens (including phenoxy) is 1. The van der Waals surface area contributed by atoms with E-state index in [2.05, 4.69) is 5.32 Å². The van der Waals surface area contributed by atoms with Crippen molar-refractivity contribution < 1.29 is 17.9 Å².